The molecule has 3 rings (SSSR count). The van der Waals surface area contributed by atoms with E-state index in [0.717, 1.165) is 0 Å². The SMILES string of the molecule is Nc1cc2c(Nc3cccc(Cl)c3)nc(C(=O)O)nc2[nH]1. The van der Waals surface area contributed by atoms with E-state index in [1.165, 1.54) is 0 Å². The Hall–Kier alpha value is -2.80. The zero-order valence-corrected chi connectivity index (χ0v) is 11.3. The summed E-state index contributed by atoms with van der Waals surface area (Å²) >= 11 is 5.92. The average Bonchev–Trinajstić information content (AvgIpc) is 2.79. The van der Waals surface area contributed by atoms with Gasteiger partial charge in [0.2, 0.25) is 5.82 Å². The van der Waals surface area contributed by atoms with E-state index in [4.69, 9.17) is 22.4 Å². The van der Waals surface area contributed by atoms with Gasteiger partial charge in [0.15, 0.2) is 0 Å². The van der Waals surface area contributed by atoms with Gasteiger partial charge in [-0.3, -0.25) is 0 Å². The molecule has 0 unspecified atom stereocenters. The Morgan fingerprint density at radius 3 is 2.86 bits per heavy atom. The van der Waals surface area contributed by atoms with Crippen LogP contribution in [0.25, 0.3) is 11.0 Å². The predicted octanol–water partition coefficient (Wildman–Crippen LogP) is 2.64. The molecule has 5 N–H and O–H groups in total. The highest BCUT2D eigenvalue weighted by Crippen LogP contribution is 2.26. The highest BCUT2D eigenvalue weighted by Gasteiger charge is 2.15. The number of H-pyrrole nitrogens is 1. The summed E-state index contributed by atoms with van der Waals surface area (Å²) in [5.41, 5.74) is 6.71. The normalized spacial score (nSPS) is 10.7. The van der Waals surface area contributed by atoms with Crippen LogP contribution in [-0.4, -0.2) is 26.0 Å². The highest BCUT2D eigenvalue weighted by molar-refractivity contribution is 6.30. The van der Waals surface area contributed by atoms with E-state index in [9.17, 15) is 4.79 Å². The molecule has 21 heavy (non-hydrogen) atoms. The molecule has 2 aromatic heterocycles. The number of nitrogens with one attached hydrogen (secondary N) is 2. The van der Waals surface area contributed by atoms with Crippen LogP contribution in [0, 0.1) is 0 Å². The van der Waals surface area contributed by atoms with Crippen LogP contribution in [0.5, 0.6) is 0 Å². The third-order valence-corrected chi connectivity index (χ3v) is 3.02. The smallest absolute Gasteiger partial charge is 0.374 e. The van der Waals surface area contributed by atoms with Crippen LogP contribution in [0.15, 0.2) is 30.3 Å². The Labute approximate surface area is 123 Å². The lowest BCUT2D eigenvalue weighted by molar-refractivity contribution is 0.0684. The van der Waals surface area contributed by atoms with Crippen LogP contribution in [0.4, 0.5) is 17.3 Å². The number of anilines is 3. The van der Waals surface area contributed by atoms with Crippen molar-refractivity contribution in [1.29, 1.82) is 0 Å². The summed E-state index contributed by atoms with van der Waals surface area (Å²) in [5, 5.41) is 13.2. The van der Waals surface area contributed by atoms with Gasteiger partial charge in [-0.1, -0.05) is 17.7 Å². The number of nitrogens with zero attached hydrogens (tertiary/aromatic N) is 2. The van der Waals surface area contributed by atoms with Crippen LogP contribution in [0.2, 0.25) is 5.02 Å². The molecule has 0 saturated carbocycles. The molecule has 7 nitrogen and oxygen atoms in total. The number of hydrogen-bond donors (Lipinski definition) is 4. The molecule has 0 atom stereocenters. The molecule has 0 fully saturated rings. The van der Waals surface area contributed by atoms with Crippen LogP contribution < -0.4 is 11.1 Å². The largest absolute Gasteiger partial charge is 0.475 e. The summed E-state index contributed by atoms with van der Waals surface area (Å²) in [7, 11) is 0. The second-order valence-electron chi connectivity index (χ2n) is 4.32. The van der Waals surface area contributed by atoms with Gasteiger partial charge in [0.25, 0.3) is 0 Å². The van der Waals surface area contributed by atoms with Crippen molar-refractivity contribution in [3.05, 3.63) is 41.2 Å². The van der Waals surface area contributed by atoms with Crippen LogP contribution in [0.1, 0.15) is 10.6 Å². The minimum atomic E-state index is -1.22. The fourth-order valence-corrected chi connectivity index (χ4v) is 2.11. The molecule has 0 amide bonds. The number of aromatic carboxylic acids is 1. The van der Waals surface area contributed by atoms with Crippen molar-refractivity contribution < 1.29 is 9.90 Å². The molecular formula is C13H10ClN5O2. The van der Waals surface area contributed by atoms with Crippen LogP contribution in [-0.2, 0) is 0 Å². The van der Waals surface area contributed by atoms with Gasteiger partial charge in [0.05, 0.1) is 5.39 Å². The number of hydrogen-bond acceptors (Lipinski definition) is 5. The molecule has 3 aromatic rings. The number of aromatic nitrogens is 3. The van der Waals surface area contributed by atoms with Crippen molar-refractivity contribution in [3.63, 3.8) is 0 Å². The zero-order chi connectivity index (χ0) is 15.0. The first-order chi connectivity index (χ1) is 10.0. The molecule has 0 radical (unpaired) electrons. The molecule has 0 aliphatic carbocycles. The summed E-state index contributed by atoms with van der Waals surface area (Å²) in [6.07, 6.45) is 0. The molecule has 106 valence electrons. The fraction of sp³-hybridized carbons (Fsp3) is 0. The number of carboxylic acids is 1. The maximum atomic E-state index is 11.1. The number of aromatic amines is 1. The lowest BCUT2D eigenvalue weighted by Gasteiger charge is -2.07. The second kappa shape index (κ2) is 4.95. The van der Waals surface area contributed by atoms with Gasteiger partial charge in [0.1, 0.15) is 17.3 Å². The van der Waals surface area contributed by atoms with Gasteiger partial charge >= 0.3 is 5.97 Å². The van der Waals surface area contributed by atoms with Gasteiger partial charge in [-0.05, 0) is 24.3 Å². The Morgan fingerprint density at radius 1 is 1.33 bits per heavy atom. The molecule has 0 saturated heterocycles. The third-order valence-electron chi connectivity index (χ3n) is 2.79. The summed E-state index contributed by atoms with van der Waals surface area (Å²) in [4.78, 5) is 21.8. The number of carboxylic acid groups (broad SMARTS) is 1. The minimum Gasteiger partial charge on any atom is -0.475 e. The number of benzene rings is 1. The van der Waals surface area contributed by atoms with E-state index in [1.807, 2.05) is 0 Å². The number of nitrogen functional groups attached to an aromatic ring is 1. The number of rotatable bonds is 3. The number of halogens is 1. The van der Waals surface area contributed by atoms with Gasteiger partial charge in [-0.2, -0.15) is 0 Å². The lowest BCUT2D eigenvalue weighted by Crippen LogP contribution is -2.07. The summed E-state index contributed by atoms with van der Waals surface area (Å²) in [6, 6.07) is 8.63. The topological polar surface area (TPSA) is 117 Å². The van der Waals surface area contributed by atoms with E-state index in [2.05, 4.69) is 20.3 Å². The average molecular weight is 304 g/mol. The molecule has 2 heterocycles. The summed E-state index contributed by atoms with van der Waals surface area (Å²) in [5.74, 6) is -0.836. The highest BCUT2D eigenvalue weighted by atomic mass is 35.5. The van der Waals surface area contributed by atoms with E-state index < -0.39 is 5.97 Å². The Kier molecular flexibility index (Phi) is 3.11. The molecule has 0 spiro atoms. The molecule has 0 aliphatic rings. The Bertz CT molecular complexity index is 846. The number of carbonyl (C=O) groups is 1. The van der Waals surface area contributed by atoms with Crippen molar-refractivity contribution in [3.8, 4) is 0 Å². The summed E-state index contributed by atoms with van der Waals surface area (Å²) < 4.78 is 0. The first kappa shape index (κ1) is 13.2. The number of fused-ring (bicyclic) bond motifs is 1. The van der Waals surface area contributed by atoms with Gasteiger partial charge in [-0.15, -0.1) is 0 Å². The monoisotopic (exact) mass is 303 g/mol. The lowest BCUT2D eigenvalue weighted by atomic mass is 10.3. The predicted molar refractivity (Wildman–Crippen MR) is 80.0 cm³/mol. The zero-order valence-electron chi connectivity index (χ0n) is 10.6. The van der Waals surface area contributed by atoms with Crippen LogP contribution >= 0.6 is 11.6 Å². The Balaban J connectivity index is 2.13. The maximum absolute atomic E-state index is 11.1. The summed E-state index contributed by atoms with van der Waals surface area (Å²) in [6.45, 7) is 0. The molecule has 0 aliphatic heterocycles. The minimum absolute atomic E-state index is 0.325. The fourth-order valence-electron chi connectivity index (χ4n) is 1.92. The van der Waals surface area contributed by atoms with E-state index in [-0.39, 0.29) is 5.82 Å². The van der Waals surface area contributed by atoms with Crippen LogP contribution in [0.3, 0.4) is 0 Å². The van der Waals surface area contributed by atoms with E-state index >= 15 is 0 Å². The van der Waals surface area contributed by atoms with Crippen molar-refractivity contribution in [2.45, 2.75) is 0 Å². The van der Waals surface area contributed by atoms with Crippen molar-refractivity contribution >= 4 is 45.9 Å². The Morgan fingerprint density at radius 2 is 2.14 bits per heavy atom. The van der Waals surface area contributed by atoms with Crippen molar-refractivity contribution in [2.24, 2.45) is 0 Å². The van der Waals surface area contributed by atoms with Crippen molar-refractivity contribution in [1.82, 2.24) is 15.0 Å². The first-order valence-corrected chi connectivity index (χ1v) is 6.33. The van der Waals surface area contributed by atoms with E-state index in [1.54, 1.807) is 30.3 Å². The van der Waals surface area contributed by atoms with Gasteiger partial charge in [-0.25, -0.2) is 14.8 Å². The van der Waals surface area contributed by atoms with E-state index in [0.29, 0.717) is 33.4 Å². The van der Waals surface area contributed by atoms with Gasteiger partial charge < -0.3 is 21.1 Å². The third kappa shape index (κ3) is 2.59. The quantitative estimate of drug-likeness (QED) is 0.591. The molecule has 1 aromatic carbocycles. The number of nitrogens with two attached hydrogens (primary N) is 1. The molecular weight excluding hydrogens is 294 g/mol. The van der Waals surface area contributed by atoms with Crippen molar-refractivity contribution in [2.75, 3.05) is 11.1 Å². The second-order valence-corrected chi connectivity index (χ2v) is 4.76. The van der Waals surface area contributed by atoms with Gasteiger partial charge in [0, 0.05) is 10.7 Å². The molecule has 8 heteroatoms. The maximum Gasteiger partial charge on any atom is 0.374 e. The standard InChI is InChI=1S/C13H10ClN5O2/c14-6-2-1-3-7(4-6)16-10-8-5-9(15)17-11(8)19-12(18-10)13(20)21/h1-5H,15H2,(H,20,21)(H2,16,17,18,19). The first-order valence-electron chi connectivity index (χ1n) is 5.95. The molecule has 0 bridgehead atoms.